The van der Waals surface area contributed by atoms with E-state index < -0.39 is 21.7 Å². The van der Waals surface area contributed by atoms with Crippen LogP contribution < -0.4 is 9.62 Å². The first kappa shape index (κ1) is 32.1. The molecule has 2 aliphatic heterocycles. The number of aryl methyl sites for hydroxylation is 1. The molecule has 2 aromatic carbocycles. The molecule has 3 heterocycles. The lowest BCUT2D eigenvalue weighted by atomic mass is 10.0. The number of halogens is 1. The molecule has 0 saturated carbocycles. The molecule has 0 unspecified atom stereocenters. The molecule has 0 radical (unpaired) electrons. The van der Waals surface area contributed by atoms with Gasteiger partial charge in [0, 0.05) is 60.9 Å². The first-order chi connectivity index (χ1) is 21.1. The maximum absolute atomic E-state index is 13.6. The molecule has 1 fully saturated rings. The fourth-order valence-corrected chi connectivity index (χ4v) is 6.80. The van der Waals surface area contributed by atoms with Crippen molar-refractivity contribution in [1.29, 1.82) is 0 Å². The normalized spacial score (nSPS) is 16.1. The summed E-state index contributed by atoms with van der Waals surface area (Å²) in [6.07, 6.45) is 1.23. The lowest BCUT2D eigenvalue weighted by Gasteiger charge is -2.35. The van der Waals surface area contributed by atoms with Crippen LogP contribution >= 0.6 is 11.6 Å². The third-order valence-corrected chi connectivity index (χ3v) is 9.82. The van der Waals surface area contributed by atoms with Gasteiger partial charge in [0.15, 0.2) is 0 Å². The van der Waals surface area contributed by atoms with Crippen molar-refractivity contribution < 1.29 is 27.5 Å². The van der Waals surface area contributed by atoms with Gasteiger partial charge in [-0.15, -0.1) is 0 Å². The minimum Gasteiger partial charge on any atom is -0.444 e. The molecular formula is C32H36ClN5O6S. The first-order valence-electron chi connectivity index (χ1n) is 14.4. The van der Waals surface area contributed by atoms with Crippen molar-refractivity contribution in [3.8, 4) is 0 Å². The Morgan fingerprint density at radius 3 is 2.33 bits per heavy atom. The third kappa shape index (κ3) is 6.43. The Morgan fingerprint density at radius 2 is 1.69 bits per heavy atom. The largest absolute Gasteiger partial charge is 0.444 e. The topological polar surface area (TPSA) is 132 Å². The van der Waals surface area contributed by atoms with Crippen LogP contribution in [0.25, 0.3) is 11.6 Å². The molecule has 238 valence electrons. The molecule has 11 nitrogen and oxygen atoms in total. The average Bonchev–Trinajstić information content (AvgIpc) is 3.44. The number of H-pyrrole nitrogens is 1. The average molecular weight is 654 g/mol. The fraction of sp³-hybridized carbons (Fsp3) is 0.344. The van der Waals surface area contributed by atoms with Crippen LogP contribution in [0.3, 0.4) is 0 Å². The summed E-state index contributed by atoms with van der Waals surface area (Å²) in [6.45, 7) is 10.4. The Morgan fingerprint density at radius 1 is 1.02 bits per heavy atom. The summed E-state index contributed by atoms with van der Waals surface area (Å²) < 4.78 is 33.6. The van der Waals surface area contributed by atoms with Crippen LogP contribution in [0.1, 0.15) is 53.6 Å². The van der Waals surface area contributed by atoms with E-state index in [1.54, 1.807) is 60.1 Å². The highest BCUT2D eigenvalue weighted by atomic mass is 35.5. The molecular weight excluding hydrogens is 618 g/mol. The molecule has 3 aromatic rings. The quantitative estimate of drug-likeness (QED) is 0.360. The van der Waals surface area contributed by atoms with Gasteiger partial charge in [-0.3, -0.25) is 13.9 Å². The summed E-state index contributed by atoms with van der Waals surface area (Å²) in [5.74, 6) is -0.566. The number of rotatable bonds is 5. The molecule has 3 amide bonds. The van der Waals surface area contributed by atoms with E-state index in [-0.39, 0.29) is 22.3 Å². The molecule has 45 heavy (non-hydrogen) atoms. The number of nitrogens with zero attached hydrogens (tertiary/aromatic N) is 3. The van der Waals surface area contributed by atoms with E-state index >= 15 is 0 Å². The lowest BCUT2D eigenvalue weighted by Crippen LogP contribution is -2.51. The standard InChI is InChI=1S/C32H36ClN5O6S/c1-19-27(34-20(2)28(19)30(40)37-12-14-38(15-13-37)31(41)44-32(3,4)5)18-25-24-17-23(10-11-26(24)35-29(25)39)45(42,43)36(6)22-9-7-8-21(33)16-22/h7-11,16-18,34H,12-15H2,1-6H3,(H,35,39)/b25-18-. The molecule has 0 bridgehead atoms. The van der Waals surface area contributed by atoms with Gasteiger partial charge in [-0.1, -0.05) is 17.7 Å². The zero-order valence-electron chi connectivity index (χ0n) is 26.0. The van der Waals surface area contributed by atoms with E-state index in [4.69, 9.17) is 16.3 Å². The summed E-state index contributed by atoms with van der Waals surface area (Å²) in [4.78, 5) is 45.7. The number of aromatic amines is 1. The van der Waals surface area contributed by atoms with E-state index in [2.05, 4.69) is 10.3 Å². The van der Waals surface area contributed by atoms with Gasteiger partial charge in [0.05, 0.1) is 21.7 Å². The predicted molar refractivity (Wildman–Crippen MR) is 174 cm³/mol. The summed E-state index contributed by atoms with van der Waals surface area (Å²) in [5, 5.41) is 3.20. The van der Waals surface area contributed by atoms with Crippen LogP contribution in [0.4, 0.5) is 16.2 Å². The van der Waals surface area contributed by atoms with Crippen molar-refractivity contribution in [3.05, 3.63) is 75.6 Å². The summed E-state index contributed by atoms with van der Waals surface area (Å²) in [7, 11) is -2.54. The van der Waals surface area contributed by atoms with Gasteiger partial charge in [0.1, 0.15) is 5.60 Å². The van der Waals surface area contributed by atoms with Crippen molar-refractivity contribution in [1.82, 2.24) is 14.8 Å². The Kier molecular flexibility index (Phi) is 8.49. The van der Waals surface area contributed by atoms with Crippen molar-refractivity contribution in [2.24, 2.45) is 0 Å². The number of carbonyl (C=O) groups is 3. The van der Waals surface area contributed by atoms with E-state index in [0.717, 1.165) is 4.31 Å². The van der Waals surface area contributed by atoms with Gasteiger partial charge in [-0.05, 0) is 82.7 Å². The number of amides is 3. The van der Waals surface area contributed by atoms with Crippen LogP contribution in [0.15, 0.2) is 47.4 Å². The molecule has 13 heteroatoms. The van der Waals surface area contributed by atoms with Gasteiger partial charge in [-0.25, -0.2) is 13.2 Å². The molecule has 0 aliphatic carbocycles. The fourth-order valence-electron chi connectivity index (χ4n) is 5.40. The first-order valence-corrected chi connectivity index (χ1v) is 16.3. The zero-order valence-corrected chi connectivity index (χ0v) is 27.6. The minimum atomic E-state index is -3.98. The van der Waals surface area contributed by atoms with Gasteiger partial charge in [-0.2, -0.15) is 0 Å². The number of benzene rings is 2. The van der Waals surface area contributed by atoms with E-state index in [0.29, 0.717) is 70.7 Å². The Hall–Kier alpha value is -4.29. The number of ether oxygens (including phenoxy) is 1. The van der Waals surface area contributed by atoms with Gasteiger partial charge in [0.25, 0.3) is 21.8 Å². The molecule has 2 aliphatic rings. The van der Waals surface area contributed by atoms with Crippen LogP contribution in [0, 0.1) is 13.8 Å². The number of sulfonamides is 1. The van der Waals surface area contributed by atoms with E-state index in [1.165, 1.54) is 19.2 Å². The second kappa shape index (κ2) is 11.9. The van der Waals surface area contributed by atoms with Crippen molar-refractivity contribution in [2.45, 2.75) is 45.1 Å². The Labute approximate surface area is 267 Å². The number of hydrogen-bond acceptors (Lipinski definition) is 6. The summed E-state index contributed by atoms with van der Waals surface area (Å²) in [5.41, 5.74) is 3.32. The Balaban J connectivity index is 1.39. The number of aromatic nitrogens is 1. The highest BCUT2D eigenvalue weighted by molar-refractivity contribution is 7.92. The highest BCUT2D eigenvalue weighted by Gasteiger charge is 2.32. The zero-order chi connectivity index (χ0) is 32.8. The second-order valence-corrected chi connectivity index (χ2v) is 14.5. The van der Waals surface area contributed by atoms with Gasteiger partial charge >= 0.3 is 6.09 Å². The number of hydrogen-bond donors (Lipinski definition) is 2. The van der Waals surface area contributed by atoms with Crippen molar-refractivity contribution in [3.63, 3.8) is 0 Å². The lowest BCUT2D eigenvalue weighted by molar-refractivity contribution is -0.110. The maximum atomic E-state index is 13.6. The van der Waals surface area contributed by atoms with Gasteiger partial charge in [0.2, 0.25) is 0 Å². The van der Waals surface area contributed by atoms with E-state index in [1.807, 2.05) is 20.8 Å². The molecule has 0 spiro atoms. The Bertz CT molecular complexity index is 1830. The van der Waals surface area contributed by atoms with Crippen molar-refractivity contribution in [2.75, 3.05) is 42.8 Å². The number of carbonyl (C=O) groups excluding carboxylic acids is 3. The smallest absolute Gasteiger partial charge is 0.410 e. The molecule has 1 aromatic heterocycles. The number of piperazine rings is 1. The van der Waals surface area contributed by atoms with Gasteiger partial charge < -0.3 is 24.8 Å². The van der Waals surface area contributed by atoms with Crippen LogP contribution in [-0.2, 0) is 19.6 Å². The SMILES string of the molecule is Cc1[nH]c(/C=C2\C(=O)Nc3ccc(S(=O)(=O)N(C)c4cccc(Cl)c4)cc32)c(C)c1C(=O)N1CCN(C(=O)OC(C)(C)C)CC1. The predicted octanol–water partition coefficient (Wildman–Crippen LogP) is 5.30. The molecule has 5 rings (SSSR count). The number of nitrogens with one attached hydrogen (secondary N) is 2. The van der Waals surface area contributed by atoms with Crippen molar-refractivity contribution >= 4 is 62.6 Å². The number of anilines is 2. The molecule has 2 N–H and O–H groups in total. The maximum Gasteiger partial charge on any atom is 0.410 e. The van der Waals surface area contributed by atoms with Crippen LogP contribution in [0.2, 0.25) is 5.02 Å². The third-order valence-electron chi connectivity index (χ3n) is 7.80. The summed E-state index contributed by atoms with van der Waals surface area (Å²) >= 11 is 6.08. The summed E-state index contributed by atoms with van der Waals surface area (Å²) in [6, 6.07) is 11.0. The van der Waals surface area contributed by atoms with Crippen LogP contribution in [-0.4, -0.2) is 79.9 Å². The second-order valence-electron chi connectivity index (χ2n) is 12.1. The molecule has 1 saturated heterocycles. The van der Waals surface area contributed by atoms with Crippen LogP contribution in [0.5, 0.6) is 0 Å². The number of fused-ring (bicyclic) bond motifs is 1. The highest BCUT2D eigenvalue weighted by Crippen LogP contribution is 2.37. The van der Waals surface area contributed by atoms with E-state index in [9.17, 15) is 22.8 Å². The monoisotopic (exact) mass is 653 g/mol. The molecule has 0 atom stereocenters. The minimum absolute atomic E-state index is 0.00639.